The van der Waals surface area contributed by atoms with Gasteiger partial charge in [-0.2, -0.15) is 0 Å². The molecule has 0 saturated carbocycles. The third kappa shape index (κ3) is 4.49. The Hall–Kier alpha value is -4.17. The molecule has 2 amide bonds. The van der Waals surface area contributed by atoms with Gasteiger partial charge in [-0.25, -0.2) is 9.07 Å². The zero-order valence-electron chi connectivity index (χ0n) is 18.3. The molecular weight excluding hydrogens is 459 g/mol. The summed E-state index contributed by atoms with van der Waals surface area (Å²) in [7, 11) is 1.72. The van der Waals surface area contributed by atoms with Crippen molar-refractivity contribution in [1.29, 1.82) is 0 Å². The Morgan fingerprint density at radius 3 is 2.26 bits per heavy atom. The average Bonchev–Trinajstić information content (AvgIpc) is 3.03. The number of benzene rings is 3. The highest BCUT2D eigenvalue weighted by atomic mass is 35.5. The molecule has 7 nitrogen and oxygen atoms in total. The second kappa shape index (κ2) is 9.36. The van der Waals surface area contributed by atoms with E-state index in [4.69, 9.17) is 11.6 Å². The highest BCUT2D eigenvalue weighted by Crippen LogP contribution is 2.24. The van der Waals surface area contributed by atoms with E-state index >= 15 is 0 Å². The summed E-state index contributed by atoms with van der Waals surface area (Å²) < 4.78 is 16.3. The molecular formula is C25H20ClFN4O3. The molecule has 0 radical (unpaired) electrons. The lowest BCUT2D eigenvalue weighted by molar-refractivity contribution is 0.102. The van der Waals surface area contributed by atoms with Crippen molar-refractivity contribution in [3.63, 3.8) is 0 Å². The van der Waals surface area contributed by atoms with Gasteiger partial charge in [0, 0.05) is 17.6 Å². The molecule has 0 aliphatic heterocycles. The van der Waals surface area contributed by atoms with Crippen molar-refractivity contribution in [3.05, 3.63) is 111 Å². The minimum atomic E-state index is -0.600. The van der Waals surface area contributed by atoms with Crippen LogP contribution in [0.2, 0.25) is 5.02 Å². The van der Waals surface area contributed by atoms with Gasteiger partial charge >= 0.3 is 0 Å². The van der Waals surface area contributed by atoms with E-state index in [0.29, 0.717) is 16.4 Å². The summed E-state index contributed by atoms with van der Waals surface area (Å²) in [6.07, 6.45) is 0. The summed E-state index contributed by atoms with van der Waals surface area (Å²) in [5.41, 5.74) is 1.38. The molecule has 0 spiro atoms. The summed E-state index contributed by atoms with van der Waals surface area (Å²) in [5.74, 6) is -1.62. The molecule has 0 aliphatic rings. The number of carbonyl (C=O) groups excluding carboxylic acids is 2. The molecule has 0 aliphatic carbocycles. The fraction of sp³-hybridized carbons (Fsp3) is 0.0800. The topological polar surface area (TPSA) is 85.1 Å². The molecule has 4 aromatic rings. The summed E-state index contributed by atoms with van der Waals surface area (Å²) in [6.45, 7) is 1.72. The first-order valence-corrected chi connectivity index (χ1v) is 10.7. The third-order valence-corrected chi connectivity index (χ3v) is 5.61. The van der Waals surface area contributed by atoms with Crippen molar-refractivity contribution in [2.45, 2.75) is 6.92 Å². The number of carbonyl (C=O) groups is 2. The van der Waals surface area contributed by atoms with Gasteiger partial charge in [0.15, 0.2) is 0 Å². The van der Waals surface area contributed by atoms with Crippen LogP contribution in [0.3, 0.4) is 0 Å². The Kier molecular flexibility index (Phi) is 6.34. The maximum atomic E-state index is 13.2. The van der Waals surface area contributed by atoms with Gasteiger partial charge in [0.05, 0.1) is 22.6 Å². The van der Waals surface area contributed by atoms with E-state index < -0.39 is 23.2 Å². The molecule has 0 unspecified atom stereocenters. The van der Waals surface area contributed by atoms with Crippen LogP contribution in [0.5, 0.6) is 0 Å². The Bertz CT molecular complexity index is 1440. The first-order valence-electron chi connectivity index (χ1n) is 10.3. The molecule has 0 bridgehead atoms. The predicted octanol–water partition coefficient (Wildman–Crippen LogP) is 4.78. The van der Waals surface area contributed by atoms with E-state index in [1.165, 1.54) is 35.0 Å². The molecule has 0 fully saturated rings. The predicted molar refractivity (Wildman–Crippen MR) is 130 cm³/mol. The van der Waals surface area contributed by atoms with Gasteiger partial charge in [-0.1, -0.05) is 29.8 Å². The van der Waals surface area contributed by atoms with Crippen molar-refractivity contribution in [2.24, 2.45) is 7.05 Å². The number of nitrogens with one attached hydrogen (secondary N) is 2. The van der Waals surface area contributed by atoms with Crippen LogP contribution in [0.1, 0.15) is 26.4 Å². The van der Waals surface area contributed by atoms with Crippen LogP contribution in [-0.2, 0) is 7.05 Å². The lowest BCUT2D eigenvalue weighted by Crippen LogP contribution is -2.24. The summed E-state index contributed by atoms with van der Waals surface area (Å²) >= 11 is 6.09. The summed E-state index contributed by atoms with van der Waals surface area (Å²) in [4.78, 5) is 38.9. The Labute approximate surface area is 199 Å². The minimum Gasteiger partial charge on any atom is -0.321 e. The molecule has 0 saturated heterocycles. The smallest absolute Gasteiger partial charge is 0.295 e. The lowest BCUT2D eigenvalue weighted by atomic mass is 10.1. The largest absolute Gasteiger partial charge is 0.321 e. The highest BCUT2D eigenvalue weighted by molar-refractivity contribution is 6.31. The Balaban J connectivity index is 1.65. The van der Waals surface area contributed by atoms with E-state index in [1.54, 1.807) is 30.8 Å². The number of aromatic nitrogens is 2. The summed E-state index contributed by atoms with van der Waals surface area (Å²) in [6, 6.07) is 18.4. The van der Waals surface area contributed by atoms with Crippen LogP contribution >= 0.6 is 11.6 Å². The fourth-order valence-corrected chi connectivity index (χ4v) is 3.68. The van der Waals surface area contributed by atoms with Crippen LogP contribution in [-0.4, -0.2) is 21.2 Å². The summed E-state index contributed by atoms with van der Waals surface area (Å²) in [5, 5.41) is 5.60. The lowest BCUT2D eigenvalue weighted by Gasteiger charge is -2.12. The van der Waals surface area contributed by atoms with Crippen molar-refractivity contribution in [1.82, 2.24) is 9.36 Å². The number of para-hydroxylation sites is 1. The number of hydrogen-bond acceptors (Lipinski definition) is 3. The highest BCUT2D eigenvalue weighted by Gasteiger charge is 2.21. The molecule has 3 aromatic carbocycles. The average molecular weight is 479 g/mol. The third-order valence-electron chi connectivity index (χ3n) is 5.37. The number of anilines is 2. The van der Waals surface area contributed by atoms with Crippen molar-refractivity contribution >= 4 is 34.8 Å². The van der Waals surface area contributed by atoms with Gasteiger partial charge < -0.3 is 10.6 Å². The fourth-order valence-electron chi connectivity index (χ4n) is 3.51. The second-order valence-electron chi connectivity index (χ2n) is 7.54. The molecule has 2 N–H and O–H groups in total. The van der Waals surface area contributed by atoms with Gasteiger partial charge in [-0.05, 0) is 61.5 Å². The van der Waals surface area contributed by atoms with Crippen LogP contribution in [0.4, 0.5) is 15.8 Å². The zero-order valence-corrected chi connectivity index (χ0v) is 19.1. The van der Waals surface area contributed by atoms with Gasteiger partial charge in [0.1, 0.15) is 11.5 Å². The van der Waals surface area contributed by atoms with E-state index in [0.717, 1.165) is 12.1 Å². The van der Waals surface area contributed by atoms with Gasteiger partial charge in [-0.3, -0.25) is 19.1 Å². The Morgan fingerprint density at radius 2 is 1.59 bits per heavy atom. The van der Waals surface area contributed by atoms with Crippen molar-refractivity contribution in [2.75, 3.05) is 10.6 Å². The Morgan fingerprint density at radius 1 is 0.912 bits per heavy atom. The van der Waals surface area contributed by atoms with Crippen LogP contribution in [0.25, 0.3) is 5.69 Å². The molecule has 34 heavy (non-hydrogen) atoms. The molecule has 9 heteroatoms. The van der Waals surface area contributed by atoms with Crippen LogP contribution in [0, 0.1) is 12.7 Å². The number of rotatable bonds is 5. The van der Waals surface area contributed by atoms with Crippen molar-refractivity contribution in [3.8, 4) is 5.69 Å². The number of amides is 2. The van der Waals surface area contributed by atoms with E-state index in [-0.39, 0.29) is 22.5 Å². The minimum absolute atomic E-state index is 0.105. The maximum absolute atomic E-state index is 13.2. The standard InChI is InChI=1S/C25H20ClFN4O3/c1-15-22(25(34)31(30(15)2)19-6-4-3-5-7-19)29-24(33)20-13-10-17(26)14-21(20)28-23(32)16-8-11-18(27)12-9-16/h3-14H,1-2H3,(H,28,32)(H,29,33). The SMILES string of the molecule is Cc1c(NC(=O)c2ccc(Cl)cc2NC(=O)c2ccc(F)cc2)c(=O)n(-c2ccccc2)n1C. The molecule has 0 atom stereocenters. The second-order valence-corrected chi connectivity index (χ2v) is 7.98. The van der Waals surface area contributed by atoms with E-state index in [9.17, 15) is 18.8 Å². The van der Waals surface area contributed by atoms with Crippen LogP contribution < -0.4 is 16.2 Å². The number of halogens is 2. The molecule has 1 aromatic heterocycles. The first-order chi connectivity index (χ1) is 16.3. The number of nitrogens with zero attached hydrogens (tertiary/aromatic N) is 2. The van der Waals surface area contributed by atoms with Gasteiger partial charge in [0.2, 0.25) is 0 Å². The zero-order chi connectivity index (χ0) is 24.4. The maximum Gasteiger partial charge on any atom is 0.295 e. The molecule has 1 heterocycles. The molecule has 172 valence electrons. The number of hydrogen-bond donors (Lipinski definition) is 2. The van der Waals surface area contributed by atoms with E-state index in [2.05, 4.69) is 10.6 Å². The normalized spacial score (nSPS) is 10.7. The molecule has 4 rings (SSSR count). The quantitative estimate of drug-likeness (QED) is 0.433. The van der Waals surface area contributed by atoms with Gasteiger partial charge in [0.25, 0.3) is 17.4 Å². The van der Waals surface area contributed by atoms with Gasteiger partial charge in [-0.15, -0.1) is 0 Å². The van der Waals surface area contributed by atoms with E-state index in [1.807, 2.05) is 18.2 Å². The monoisotopic (exact) mass is 478 g/mol. The van der Waals surface area contributed by atoms with Crippen LogP contribution in [0.15, 0.2) is 77.6 Å². The van der Waals surface area contributed by atoms with Crippen molar-refractivity contribution < 1.29 is 14.0 Å². The first kappa shape index (κ1) is 23.0.